The van der Waals surface area contributed by atoms with Crippen LogP contribution in [-0.4, -0.2) is 21.6 Å². The number of anilines is 1. The molecule has 5 nitrogen and oxygen atoms in total. The predicted molar refractivity (Wildman–Crippen MR) is 73.6 cm³/mol. The number of halogens is 1. The number of ether oxygens (including phenoxy) is 1. The molecule has 1 aromatic heterocycles. The molecule has 0 aliphatic heterocycles. The first-order valence-corrected chi connectivity index (χ1v) is 6.24. The fourth-order valence-electron chi connectivity index (χ4n) is 1.49. The van der Waals surface area contributed by atoms with Crippen LogP contribution in [0.5, 0.6) is 11.6 Å². The molecule has 0 atom stereocenters. The summed E-state index contributed by atoms with van der Waals surface area (Å²) in [6.07, 6.45) is 1.48. The molecule has 2 aromatic rings. The number of nitrogens with zero attached hydrogens (tertiary/aromatic N) is 2. The van der Waals surface area contributed by atoms with Crippen LogP contribution in [0.1, 0.15) is 12.5 Å². The monoisotopic (exact) mass is 279 g/mol. The number of aliphatic hydroxyl groups excluding tert-OH is 1. The summed E-state index contributed by atoms with van der Waals surface area (Å²) < 4.78 is 5.60. The number of hydrogen-bond donors (Lipinski definition) is 2. The summed E-state index contributed by atoms with van der Waals surface area (Å²) in [5.74, 6) is 1.30. The lowest BCUT2D eigenvalue weighted by molar-refractivity contribution is 0.281. The zero-order valence-electron chi connectivity index (χ0n) is 10.4. The third kappa shape index (κ3) is 3.56. The number of rotatable bonds is 5. The van der Waals surface area contributed by atoms with E-state index >= 15 is 0 Å². The van der Waals surface area contributed by atoms with Gasteiger partial charge in [0.05, 0.1) is 12.8 Å². The highest BCUT2D eigenvalue weighted by molar-refractivity contribution is 6.31. The quantitative estimate of drug-likeness (QED) is 0.881. The number of aromatic nitrogens is 2. The van der Waals surface area contributed by atoms with E-state index in [1.807, 2.05) is 6.92 Å². The van der Waals surface area contributed by atoms with Gasteiger partial charge in [-0.1, -0.05) is 23.7 Å². The second-order valence-electron chi connectivity index (χ2n) is 3.78. The molecule has 0 fully saturated rings. The minimum atomic E-state index is -0.0443. The number of nitrogens with one attached hydrogen (secondary N) is 1. The summed E-state index contributed by atoms with van der Waals surface area (Å²) in [6.45, 7) is 2.61. The molecule has 1 aromatic carbocycles. The normalized spacial score (nSPS) is 10.3. The highest BCUT2D eigenvalue weighted by atomic mass is 35.5. The van der Waals surface area contributed by atoms with Crippen molar-refractivity contribution in [3.63, 3.8) is 0 Å². The zero-order chi connectivity index (χ0) is 13.7. The molecule has 1 heterocycles. The Labute approximate surface area is 116 Å². The molecule has 0 spiro atoms. The topological polar surface area (TPSA) is 67.3 Å². The third-order valence-electron chi connectivity index (χ3n) is 2.34. The van der Waals surface area contributed by atoms with Gasteiger partial charge in [0.15, 0.2) is 0 Å². The van der Waals surface area contributed by atoms with Crippen molar-refractivity contribution in [2.24, 2.45) is 0 Å². The summed E-state index contributed by atoms with van der Waals surface area (Å²) in [5, 5.41) is 12.4. The van der Waals surface area contributed by atoms with Gasteiger partial charge in [0.1, 0.15) is 10.8 Å². The molecule has 0 aliphatic rings. The van der Waals surface area contributed by atoms with Crippen LogP contribution in [0.25, 0.3) is 0 Å². The van der Waals surface area contributed by atoms with E-state index in [2.05, 4.69) is 15.3 Å². The minimum Gasteiger partial charge on any atom is -0.437 e. The van der Waals surface area contributed by atoms with Crippen molar-refractivity contribution in [3.05, 3.63) is 41.0 Å². The number of aliphatic hydroxyl groups is 1. The molecule has 6 heteroatoms. The van der Waals surface area contributed by atoms with Gasteiger partial charge in [-0.3, -0.25) is 0 Å². The molecule has 0 saturated heterocycles. The van der Waals surface area contributed by atoms with Crippen LogP contribution in [0, 0.1) is 0 Å². The van der Waals surface area contributed by atoms with E-state index in [-0.39, 0.29) is 12.5 Å². The van der Waals surface area contributed by atoms with Crippen LogP contribution in [0.15, 0.2) is 30.5 Å². The Balaban J connectivity index is 2.23. The summed E-state index contributed by atoms with van der Waals surface area (Å²) >= 11 is 5.99. The largest absolute Gasteiger partial charge is 0.437 e. The lowest BCUT2D eigenvalue weighted by Crippen LogP contribution is -2.03. The lowest BCUT2D eigenvalue weighted by Gasteiger charge is -2.09. The van der Waals surface area contributed by atoms with Crippen molar-refractivity contribution in [2.45, 2.75) is 13.5 Å². The Kier molecular flexibility index (Phi) is 4.54. The Morgan fingerprint density at radius 2 is 2.26 bits per heavy atom. The van der Waals surface area contributed by atoms with Crippen molar-refractivity contribution < 1.29 is 9.84 Å². The van der Waals surface area contributed by atoms with Crippen molar-refractivity contribution >= 4 is 17.5 Å². The molecule has 0 saturated carbocycles. The van der Waals surface area contributed by atoms with Gasteiger partial charge in [0, 0.05) is 6.54 Å². The summed E-state index contributed by atoms with van der Waals surface area (Å²) in [4.78, 5) is 8.20. The van der Waals surface area contributed by atoms with Gasteiger partial charge < -0.3 is 15.2 Å². The van der Waals surface area contributed by atoms with Crippen LogP contribution in [0.2, 0.25) is 5.02 Å². The fourth-order valence-corrected chi connectivity index (χ4v) is 1.61. The highest BCUT2D eigenvalue weighted by Crippen LogP contribution is 2.27. The van der Waals surface area contributed by atoms with E-state index < -0.39 is 0 Å². The molecular formula is C13H14ClN3O2. The van der Waals surface area contributed by atoms with Gasteiger partial charge in [-0.2, -0.15) is 4.98 Å². The second-order valence-corrected chi connectivity index (χ2v) is 4.19. The van der Waals surface area contributed by atoms with Gasteiger partial charge >= 0.3 is 0 Å². The van der Waals surface area contributed by atoms with Crippen LogP contribution in [0.4, 0.5) is 5.95 Å². The fraction of sp³-hybridized carbons (Fsp3) is 0.231. The van der Waals surface area contributed by atoms with Gasteiger partial charge in [0.25, 0.3) is 0 Å². The highest BCUT2D eigenvalue weighted by Gasteiger charge is 2.08. The maximum absolute atomic E-state index is 9.08. The van der Waals surface area contributed by atoms with Crippen molar-refractivity contribution in [3.8, 4) is 11.6 Å². The van der Waals surface area contributed by atoms with E-state index in [1.54, 1.807) is 24.3 Å². The predicted octanol–water partition coefficient (Wildman–Crippen LogP) is 2.85. The molecule has 19 heavy (non-hydrogen) atoms. The minimum absolute atomic E-state index is 0.0443. The molecule has 0 radical (unpaired) electrons. The van der Waals surface area contributed by atoms with Crippen molar-refractivity contribution in [1.29, 1.82) is 0 Å². The molecule has 0 aliphatic carbocycles. The first kappa shape index (κ1) is 13.6. The van der Waals surface area contributed by atoms with Gasteiger partial charge in [-0.05, 0) is 24.6 Å². The molecule has 100 valence electrons. The zero-order valence-corrected chi connectivity index (χ0v) is 11.2. The Hall–Kier alpha value is -1.85. The van der Waals surface area contributed by atoms with Crippen LogP contribution in [0.3, 0.4) is 0 Å². The SMILES string of the molecule is CCNc1ncc(Cl)c(Oc2cccc(CO)c2)n1. The average Bonchev–Trinajstić information content (AvgIpc) is 2.43. The van der Waals surface area contributed by atoms with Gasteiger partial charge in [-0.25, -0.2) is 4.98 Å². The maximum atomic E-state index is 9.08. The molecule has 0 unspecified atom stereocenters. The summed E-state index contributed by atoms with van der Waals surface area (Å²) in [5.41, 5.74) is 0.759. The van der Waals surface area contributed by atoms with Crippen LogP contribution >= 0.6 is 11.6 Å². The Bertz CT molecular complexity index is 563. The molecule has 2 rings (SSSR count). The Morgan fingerprint density at radius 3 is 3.00 bits per heavy atom. The first-order chi connectivity index (χ1) is 9.22. The van der Waals surface area contributed by atoms with E-state index in [9.17, 15) is 0 Å². The maximum Gasteiger partial charge on any atom is 0.243 e. The van der Waals surface area contributed by atoms with E-state index in [0.29, 0.717) is 23.3 Å². The summed E-state index contributed by atoms with van der Waals surface area (Å²) in [6, 6.07) is 7.09. The van der Waals surface area contributed by atoms with Crippen LogP contribution in [-0.2, 0) is 6.61 Å². The van der Waals surface area contributed by atoms with E-state index in [1.165, 1.54) is 6.20 Å². The molecule has 2 N–H and O–H groups in total. The Morgan fingerprint density at radius 1 is 1.42 bits per heavy atom. The second kappa shape index (κ2) is 6.36. The van der Waals surface area contributed by atoms with E-state index in [4.69, 9.17) is 21.4 Å². The average molecular weight is 280 g/mol. The van der Waals surface area contributed by atoms with E-state index in [0.717, 1.165) is 5.56 Å². The smallest absolute Gasteiger partial charge is 0.243 e. The van der Waals surface area contributed by atoms with Gasteiger partial charge in [0.2, 0.25) is 11.8 Å². The molecule has 0 amide bonds. The molecule has 0 bridgehead atoms. The number of benzene rings is 1. The van der Waals surface area contributed by atoms with Crippen molar-refractivity contribution in [1.82, 2.24) is 9.97 Å². The first-order valence-electron chi connectivity index (χ1n) is 5.87. The standard InChI is InChI=1S/C13H14ClN3O2/c1-2-15-13-16-7-11(14)12(17-13)19-10-5-3-4-9(6-10)8-18/h3-7,18H,2,8H2,1H3,(H,15,16,17). The number of hydrogen-bond acceptors (Lipinski definition) is 5. The van der Waals surface area contributed by atoms with Gasteiger partial charge in [-0.15, -0.1) is 0 Å². The van der Waals surface area contributed by atoms with Crippen molar-refractivity contribution in [2.75, 3.05) is 11.9 Å². The lowest BCUT2D eigenvalue weighted by atomic mass is 10.2. The summed E-state index contributed by atoms with van der Waals surface area (Å²) in [7, 11) is 0. The third-order valence-corrected chi connectivity index (χ3v) is 2.60. The molecular weight excluding hydrogens is 266 g/mol. The van der Waals surface area contributed by atoms with Crippen LogP contribution < -0.4 is 10.1 Å².